The van der Waals surface area contributed by atoms with Crippen molar-refractivity contribution in [1.29, 1.82) is 0 Å². The van der Waals surface area contributed by atoms with Crippen molar-refractivity contribution in [2.45, 2.75) is 19.8 Å². The molecule has 0 heterocycles. The number of nitro groups is 1. The van der Waals surface area contributed by atoms with E-state index in [9.17, 15) is 14.9 Å². The summed E-state index contributed by atoms with van der Waals surface area (Å²) in [5, 5.41) is 19.5. The molecule has 1 aromatic rings. The Hall–Kier alpha value is -1.91. The van der Waals surface area contributed by atoms with Gasteiger partial charge >= 0.3 is 5.97 Å². The molecule has 86 valence electrons. The number of carbonyl (C=O) groups is 1. The lowest BCUT2D eigenvalue weighted by Gasteiger charge is -2.16. The van der Waals surface area contributed by atoms with Crippen molar-refractivity contribution in [1.82, 2.24) is 0 Å². The number of nitro benzene ring substituents is 1. The average Bonchev–Trinajstić information content (AvgIpc) is 2.17. The molecule has 0 spiro atoms. The van der Waals surface area contributed by atoms with Crippen LogP contribution in [0.15, 0.2) is 24.3 Å². The lowest BCUT2D eigenvalue weighted by molar-refractivity contribution is -0.384. The zero-order valence-electron chi connectivity index (χ0n) is 9.08. The van der Waals surface area contributed by atoms with Gasteiger partial charge in [-0.2, -0.15) is 0 Å². The minimum Gasteiger partial charge on any atom is -0.481 e. The van der Waals surface area contributed by atoms with Crippen LogP contribution in [0.3, 0.4) is 0 Å². The van der Waals surface area contributed by atoms with E-state index >= 15 is 0 Å². The quantitative estimate of drug-likeness (QED) is 0.627. The lowest BCUT2D eigenvalue weighted by Crippen LogP contribution is -2.17. The van der Waals surface area contributed by atoms with E-state index in [0.717, 1.165) is 0 Å². The van der Waals surface area contributed by atoms with E-state index in [2.05, 4.69) is 0 Å². The first-order chi connectivity index (χ1) is 7.43. The Labute approximate surface area is 92.9 Å². The van der Waals surface area contributed by atoms with Crippen LogP contribution in [0.4, 0.5) is 5.69 Å². The molecule has 0 fully saturated rings. The number of carboxylic acid groups (broad SMARTS) is 1. The Balaban J connectivity index is 3.03. The normalized spacial score (nSPS) is 12.4. The highest BCUT2D eigenvalue weighted by Crippen LogP contribution is 2.26. The number of hydrogen-bond donors (Lipinski definition) is 1. The van der Waals surface area contributed by atoms with E-state index in [0.29, 0.717) is 5.56 Å². The van der Waals surface area contributed by atoms with Crippen LogP contribution in [0.5, 0.6) is 0 Å². The first-order valence-electron chi connectivity index (χ1n) is 4.90. The van der Waals surface area contributed by atoms with Crippen LogP contribution in [-0.2, 0) is 4.79 Å². The molecule has 0 aliphatic carbocycles. The van der Waals surface area contributed by atoms with Gasteiger partial charge in [-0.05, 0) is 11.5 Å². The van der Waals surface area contributed by atoms with Crippen LogP contribution in [0.1, 0.15) is 25.3 Å². The zero-order valence-corrected chi connectivity index (χ0v) is 9.08. The maximum Gasteiger partial charge on any atom is 0.311 e. The Kier molecular flexibility index (Phi) is 3.60. The fraction of sp³-hybridized carbons (Fsp3) is 0.364. The molecule has 16 heavy (non-hydrogen) atoms. The van der Waals surface area contributed by atoms with Crippen molar-refractivity contribution >= 4 is 11.7 Å². The third kappa shape index (κ3) is 2.56. The van der Waals surface area contributed by atoms with Gasteiger partial charge in [0, 0.05) is 12.1 Å². The van der Waals surface area contributed by atoms with Gasteiger partial charge in [-0.25, -0.2) is 0 Å². The smallest absolute Gasteiger partial charge is 0.311 e. The Morgan fingerprint density at radius 1 is 1.31 bits per heavy atom. The van der Waals surface area contributed by atoms with Crippen molar-refractivity contribution in [3.05, 3.63) is 39.9 Å². The molecule has 1 atom stereocenters. The fourth-order valence-corrected chi connectivity index (χ4v) is 1.62. The van der Waals surface area contributed by atoms with Gasteiger partial charge in [0.05, 0.1) is 10.8 Å². The number of rotatable bonds is 4. The number of nitrogens with zero attached hydrogens (tertiary/aromatic N) is 1. The summed E-state index contributed by atoms with van der Waals surface area (Å²) in [5.41, 5.74) is 0.560. The molecule has 0 radical (unpaired) electrons. The number of non-ortho nitro benzene ring substituents is 1. The summed E-state index contributed by atoms with van der Waals surface area (Å²) in [6, 6.07) is 5.65. The van der Waals surface area contributed by atoms with E-state index in [-0.39, 0.29) is 11.6 Å². The van der Waals surface area contributed by atoms with Gasteiger partial charge in [-0.3, -0.25) is 14.9 Å². The summed E-state index contributed by atoms with van der Waals surface area (Å²) in [7, 11) is 0. The highest BCUT2D eigenvalue weighted by molar-refractivity contribution is 5.76. The fourth-order valence-electron chi connectivity index (χ4n) is 1.62. The highest BCUT2D eigenvalue weighted by atomic mass is 16.6. The molecule has 0 aliphatic rings. The predicted molar refractivity (Wildman–Crippen MR) is 58.3 cm³/mol. The summed E-state index contributed by atoms with van der Waals surface area (Å²) in [4.78, 5) is 21.0. The first-order valence-corrected chi connectivity index (χ1v) is 4.90. The molecule has 5 heteroatoms. The molecule has 1 N–H and O–H groups in total. The van der Waals surface area contributed by atoms with Gasteiger partial charge in [-0.1, -0.05) is 26.0 Å². The molecule has 0 unspecified atom stereocenters. The van der Waals surface area contributed by atoms with Crippen LogP contribution in [0.25, 0.3) is 0 Å². The molecule has 0 bridgehead atoms. The van der Waals surface area contributed by atoms with Gasteiger partial charge in [0.2, 0.25) is 0 Å². The Morgan fingerprint density at radius 2 is 1.81 bits per heavy atom. The summed E-state index contributed by atoms with van der Waals surface area (Å²) in [5.74, 6) is -1.59. The van der Waals surface area contributed by atoms with E-state index in [1.165, 1.54) is 24.3 Å². The molecule has 0 saturated carbocycles. The second-order valence-electron chi connectivity index (χ2n) is 3.91. The summed E-state index contributed by atoms with van der Waals surface area (Å²) in [6.07, 6.45) is 0. The number of carboxylic acids is 1. The second kappa shape index (κ2) is 4.74. The molecule has 0 aromatic heterocycles. The topological polar surface area (TPSA) is 80.4 Å². The summed E-state index contributed by atoms with van der Waals surface area (Å²) >= 11 is 0. The average molecular weight is 223 g/mol. The standard InChI is InChI=1S/C11H13NO4/c1-7(2)10(11(13)14)8-3-5-9(6-4-8)12(15)16/h3-7,10H,1-2H3,(H,13,14)/t10-/m1/s1. The van der Waals surface area contributed by atoms with Crippen molar-refractivity contribution in [2.75, 3.05) is 0 Å². The van der Waals surface area contributed by atoms with E-state index in [1.54, 1.807) is 13.8 Å². The second-order valence-corrected chi connectivity index (χ2v) is 3.91. The Bertz CT molecular complexity index is 397. The van der Waals surface area contributed by atoms with Gasteiger partial charge in [0.15, 0.2) is 0 Å². The third-order valence-corrected chi connectivity index (χ3v) is 2.40. The van der Waals surface area contributed by atoms with Crippen LogP contribution >= 0.6 is 0 Å². The number of hydrogen-bond acceptors (Lipinski definition) is 3. The molecule has 0 aliphatic heterocycles. The predicted octanol–water partition coefficient (Wildman–Crippen LogP) is 2.42. The maximum atomic E-state index is 11.0. The Morgan fingerprint density at radius 3 is 2.12 bits per heavy atom. The number of aliphatic carboxylic acids is 1. The zero-order chi connectivity index (χ0) is 12.3. The largest absolute Gasteiger partial charge is 0.481 e. The monoisotopic (exact) mass is 223 g/mol. The van der Waals surface area contributed by atoms with Gasteiger partial charge in [0.1, 0.15) is 0 Å². The van der Waals surface area contributed by atoms with Crippen molar-refractivity contribution < 1.29 is 14.8 Å². The molecular weight excluding hydrogens is 210 g/mol. The highest BCUT2D eigenvalue weighted by Gasteiger charge is 2.23. The minimum atomic E-state index is -0.913. The van der Waals surface area contributed by atoms with Crippen LogP contribution < -0.4 is 0 Å². The van der Waals surface area contributed by atoms with Crippen LogP contribution in [0, 0.1) is 16.0 Å². The summed E-state index contributed by atoms with van der Waals surface area (Å²) < 4.78 is 0. The van der Waals surface area contributed by atoms with Crippen molar-refractivity contribution in [3.8, 4) is 0 Å². The SMILES string of the molecule is CC(C)[C@@H](C(=O)O)c1ccc([N+](=O)[O-])cc1. The third-order valence-electron chi connectivity index (χ3n) is 2.40. The number of benzene rings is 1. The molecule has 1 rings (SSSR count). The first kappa shape index (κ1) is 12.2. The maximum absolute atomic E-state index is 11.0. The van der Waals surface area contributed by atoms with Crippen molar-refractivity contribution in [3.63, 3.8) is 0 Å². The molecule has 1 aromatic carbocycles. The summed E-state index contributed by atoms with van der Waals surface area (Å²) in [6.45, 7) is 3.61. The van der Waals surface area contributed by atoms with E-state index < -0.39 is 16.8 Å². The van der Waals surface area contributed by atoms with E-state index in [1.807, 2.05) is 0 Å². The van der Waals surface area contributed by atoms with Gasteiger partial charge in [0.25, 0.3) is 5.69 Å². The van der Waals surface area contributed by atoms with Crippen LogP contribution in [0.2, 0.25) is 0 Å². The van der Waals surface area contributed by atoms with Crippen molar-refractivity contribution in [2.24, 2.45) is 5.92 Å². The van der Waals surface area contributed by atoms with E-state index in [4.69, 9.17) is 5.11 Å². The van der Waals surface area contributed by atoms with Gasteiger partial charge < -0.3 is 5.11 Å². The van der Waals surface area contributed by atoms with Crippen LogP contribution in [-0.4, -0.2) is 16.0 Å². The minimum absolute atomic E-state index is 0.0309. The van der Waals surface area contributed by atoms with Gasteiger partial charge in [-0.15, -0.1) is 0 Å². The molecule has 5 nitrogen and oxygen atoms in total. The molecule has 0 amide bonds. The molecular formula is C11H13NO4. The molecule has 0 saturated heterocycles. The lowest BCUT2D eigenvalue weighted by atomic mass is 9.88.